The number of hydrogen-bond donors (Lipinski definition) is 1. The lowest BCUT2D eigenvalue weighted by molar-refractivity contribution is -0.144. The molecule has 1 unspecified atom stereocenters. The van der Waals surface area contributed by atoms with Crippen molar-refractivity contribution in [3.63, 3.8) is 0 Å². The van der Waals surface area contributed by atoms with Crippen molar-refractivity contribution in [2.45, 2.75) is 45.6 Å². The molecule has 1 rings (SSSR count). The van der Waals surface area contributed by atoms with Gasteiger partial charge in [0.15, 0.2) is 0 Å². The van der Waals surface area contributed by atoms with Crippen LogP contribution in [0.25, 0.3) is 0 Å². The largest absolute Gasteiger partial charge is 0.466 e. The van der Waals surface area contributed by atoms with E-state index >= 15 is 0 Å². The second kappa shape index (κ2) is 6.55. The normalized spacial score (nSPS) is 14.0. The van der Waals surface area contributed by atoms with Crippen LogP contribution < -0.4 is 0 Å². The van der Waals surface area contributed by atoms with Gasteiger partial charge in [0.05, 0.1) is 12.2 Å². The molecule has 0 aromatic heterocycles. The van der Waals surface area contributed by atoms with Crippen molar-refractivity contribution in [2.75, 3.05) is 6.61 Å². The van der Waals surface area contributed by atoms with E-state index in [-0.39, 0.29) is 12.4 Å². The summed E-state index contributed by atoms with van der Waals surface area (Å²) in [5.74, 6) is -0.261. The maximum Gasteiger partial charge on any atom is 0.305 e. The molecule has 18 heavy (non-hydrogen) atoms. The number of aliphatic hydroxyl groups is 1. The second-order valence-corrected chi connectivity index (χ2v) is 4.63. The molecule has 0 radical (unpaired) electrons. The number of ether oxygens (including phenoxy) is 1. The molecule has 0 heterocycles. The summed E-state index contributed by atoms with van der Waals surface area (Å²) in [5.41, 5.74) is 1.09. The summed E-state index contributed by atoms with van der Waals surface area (Å²) in [7, 11) is 0. The van der Waals surface area contributed by atoms with Crippen LogP contribution in [-0.2, 0) is 21.6 Å². The fraction of sp³-hybridized carbons (Fsp3) is 0.533. The molecule has 0 bridgehead atoms. The van der Waals surface area contributed by atoms with E-state index in [1.165, 1.54) is 5.56 Å². The van der Waals surface area contributed by atoms with Crippen molar-refractivity contribution < 1.29 is 14.6 Å². The molecular weight excluding hydrogens is 228 g/mol. The molecule has 3 nitrogen and oxygen atoms in total. The van der Waals surface area contributed by atoms with E-state index in [0.29, 0.717) is 13.0 Å². The van der Waals surface area contributed by atoms with E-state index in [4.69, 9.17) is 4.74 Å². The Kier molecular flexibility index (Phi) is 5.35. The molecule has 0 saturated carbocycles. The maximum atomic E-state index is 11.3. The molecule has 1 aromatic rings. The third-order valence-electron chi connectivity index (χ3n) is 3.11. The fourth-order valence-electron chi connectivity index (χ4n) is 1.82. The van der Waals surface area contributed by atoms with Gasteiger partial charge >= 0.3 is 5.97 Å². The van der Waals surface area contributed by atoms with Crippen molar-refractivity contribution in [1.29, 1.82) is 0 Å². The van der Waals surface area contributed by atoms with Gasteiger partial charge in [0.25, 0.3) is 0 Å². The van der Waals surface area contributed by atoms with Gasteiger partial charge in [0, 0.05) is 6.42 Å². The van der Waals surface area contributed by atoms with E-state index in [9.17, 15) is 9.90 Å². The lowest BCUT2D eigenvalue weighted by Crippen LogP contribution is -2.23. The summed E-state index contributed by atoms with van der Waals surface area (Å²) in [6.45, 7) is 5.98. The Morgan fingerprint density at radius 3 is 2.39 bits per heavy atom. The van der Waals surface area contributed by atoms with E-state index < -0.39 is 5.60 Å². The smallest absolute Gasteiger partial charge is 0.305 e. The number of carbonyl (C=O) groups is 1. The van der Waals surface area contributed by atoms with Crippen LogP contribution in [0.5, 0.6) is 0 Å². The molecule has 0 aliphatic carbocycles. The van der Waals surface area contributed by atoms with Crippen LogP contribution in [0.1, 0.15) is 44.7 Å². The summed E-state index contributed by atoms with van der Waals surface area (Å²) in [6, 6.07) is 7.86. The van der Waals surface area contributed by atoms with Gasteiger partial charge in [0.1, 0.15) is 0 Å². The summed E-state index contributed by atoms with van der Waals surface area (Å²) in [6.07, 6.45) is 1.58. The zero-order valence-corrected chi connectivity index (χ0v) is 11.4. The first-order valence-electron chi connectivity index (χ1n) is 6.47. The van der Waals surface area contributed by atoms with Crippen molar-refractivity contribution in [3.8, 4) is 0 Å². The molecular formula is C15H22O3. The quantitative estimate of drug-likeness (QED) is 0.790. The average molecular weight is 250 g/mol. The summed E-state index contributed by atoms with van der Waals surface area (Å²) < 4.78 is 4.86. The molecule has 0 aliphatic rings. The van der Waals surface area contributed by atoms with E-state index in [1.54, 1.807) is 13.8 Å². The van der Waals surface area contributed by atoms with Gasteiger partial charge in [-0.3, -0.25) is 4.79 Å². The predicted octanol–water partition coefficient (Wildman–Crippen LogP) is 2.80. The van der Waals surface area contributed by atoms with Crippen molar-refractivity contribution in [1.82, 2.24) is 0 Å². The summed E-state index contributed by atoms with van der Waals surface area (Å²) >= 11 is 0. The Hall–Kier alpha value is -1.35. The van der Waals surface area contributed by atoms with Gasteiger partial charge in [-0.1, -0.05) is 31.2 Å². The van der Waals surface area contributed by atoms with Gasteiger partial charge in [0.2, 0.25) is 0 Å². The molecule has 3 heteroatoms. The number of benzene rings is 1. The third kappa shape index (κ3) is 4.15. The standard InChI is InChI=1S/C15H22O3/c1-4-12-6-8-13(9-7-12)15(3,17)11-10-14(16)18-5-2/h6-9,17H,4-5,10-11H2,1-3H3. The van der Waals surface area contributed by atoms with Crippen LogP contribution in [0.15, 0.2) is 24.3 Å². The maximum absolute atomic E-state index is 11.3. The predicted molar refractivity (Wildman–Crippen MR) is 71.3 cm³/mol. The van der Waals surface area contributed by atoms with E-state index in [1.807, 2.05) is 24.3 Å². The van der Waals surface area contributed by atoms with Crippen LogP contribution in [-0.4, -0.2) is 17.7 Å². The van der Waals surface area contributed by atoms with Crippen LogP contribution in [0.3, 0.4) is 0 Å². The first-order chi connectivity index (χ1) is 8.49. The minimum atomic E-state index is -0.987. The Bertz CT molecular complexity index is 379. The zero-order valence-electron chi connectivity index (χ0n) is 11.4. The highest BCUT2D eigenvalue weighted by Gasteiger charge is 2.24. The highest BCUT2D eigenvalue weighted by molar-refractivity contribution is 5.69. The lowest BCUT2D eigenvalue weighted by atomic mass is 9.90. The first-order valence-corrected chi connectivity index (χ1v) is 6.47. The highest BCUT2D eigenvalue weighted by atomic mass is 16.5. The zero-order chi connectivity index (χ0) is 13.6. The number of hydrogen-bond acceptors (Lipinski definition) is 3. The first kappa shape index (κ1) is 14.7. The number of carbonyl (C=O) groups excluding carboxylic acids is 1. The SMILES string of the molecule is CCOC(=O)CCC(C)(O)c1ccc(CC)cc1. The molecule has 1 N–H and O–H groups in total. The Morgan fingerprint density at radius 2 is 1.89 bits per heavy atom. The molecule has 1 atom stereocenters. The van der Waals surface area contributed by atoms with Crippen molar-refractivity contribution in [3.05, 3.63) is 35.4 Å². The molecule has 0 amide bonds. The van der Waals surface area contributed by atoms with Gasteiger partial charge in [-0.05, 0) is 37.8 Å². The highest BCUT2D eigenvalue weighted by Crippen LogP contribution is 2.26. The minimum absolute atomic E-state index is 0.233. The van der Waals surface area contributed by atoms with Gasteiger partial charge < -0.3 is 9.84 Å². The minimum Gasteiger partial charge on any atom is -0.466 e. The lowest BCUT2D eigenvalue weighted by Gasteiger charge is -2.23. The molecule has 0 spiro atoms. The van der Waals surface area contributed by atoms with Crippen LogP contribution >= 0.6 is 0 Å². The van der Waals surface area contributed by atoms with E-state index in [2.05, 4.69) is 6.92 Å². The second-order valence-electron chi connectivity index (χ2n) is 4.63. The molecule has 1 aromatic carbocycles. The average Bonchev–Trinajstić information content (AvgIpc) is 2.37. The number of aryl methyl sites for hydroxylation is 1. The van der Waals surface area contributed by atoms with Crippen molar-refractivity contribution in [2.24, 2.45) is 0 Å². The third-order valence-corrected chi connectivity index (χ3v) is 3.11. The van der Waals surface area contributed by atoms with Gasteiger partial charge in [-0.15, -0.1) is 0 Å². The monoisotopic (exact) mass is 250 g/mol. The Labute approximate surface area is 109 Å². The Balaban J connectivity index is 2.63. The van der Waals surface area contributed by atoms with Crippen LogP contribution in [0.4, 0.5) is 0 Å². The topological polar surface area (TPSA) is 46.5 Å². The Morgan fingerprint density at radius 1 is 1.28 bits per heavy atom. The van der Waals surface area contributed by atoms with Crippen LogP contribution in [0, 0.1) is 0 Å². The summed E-state index contributed by atoms with van der Waals surface area (Å²) in [5, 5.41) is 10.4. The number of rotatable bonds is 6. The van der Waals surface area contributed by atoms with Crippen molar-refractivity contribution >= 4 is 5.97 Å². The molecule has 100 valence electrons. The van der Waals surface area contributed by atoms with E-state index in [0.717, 1.165) is 12.0 Å². The number of esters is 1. The van der Waals surface area contributed by atoms with Gasteiger partial charge in [-0.2, -0.15) is 0 Å². The fourth-order valence-corrected chi connectivity index (χ4v) is 1.82. The van der Waals surface area contributed by atoms with Crippen LogP contribution in [0.2, 0.25) is 0 Å². The molecule has 0 aliphatic heterocycles. The molecule has 0 saturated heterocycles. The molecule has 0 fully saturated rings. The van der Waals surface area contributed by atoms with Gasteiger partial charge in [-0.25, -0.2) is 0 Å². The summed E-state index contributed by atoms with van der Waals surface area (Å²) in [4.78, 5) is 11.3.